The zero-order chi connectivity index (χ0) is 19.2. The third kappa shape index (κ3) is 4.69. The fraction of sp³-hybridized carbons (Fsp3) is 0.333. The van der Waals surface area contributed by atoms with Gasteiger partial charge in [0.2, 0.25) is 5.95 Å². The minimum atomic E-state index is -0.978. The average molecular weight is 372 g/mol. The summed E-state index contributed by atoms with van der Waals surface area (Å²) in [6, 6.07) is 4.81. The molecule has 0 atom stereocenters. The van der Waals surface area contributed by atoms with Crippen molar-refractivity contribution in [2.24, 2.45) is 16.5 Å². The van der Waals surface area contributed by atoms with Gasteiger partial charge in [-0.15, -0.1) is 4.99 Å². The second-order valence-corrected chi connectivity index (χ2v) is 6.19. The second kappa shape index (κ2) is 8.43. The molecule has 1 fully saturated rings. The number of nitrogens with two attached hydrogens (primary N) is 2. The van der Waals surface area contributed by atoms with Gasteiger partial charge in [0.25, 0.3) is 0 Å². The molecule has 1 saturated heterocycles. The molecule has 1 amide bonds. The van der Waals surface area contributed by atoms with Gasteiger partial charge in [-0.25, -0.2) is 19.2 Å². The maximum atomic E-state index is 14.8. The van der Waals surface area contributed by atoms with Crippen molar-refractivity contribution in [1.29, 1.82) is 0 Å². The lowest BCUT2D eigenvalue weighted by atomic mass is 10.1. The summed E-state index contributed by atoms with van der Waals surface area (Å²) in [5.74, 6) is -0.273. The number of amides is 1. The normalized spacial score (nSPS) is 13.9. The van der Waals surface area contributed by atoms with E-state index in [9.17, 15) is 9.18 Å². The summed E-state index contributed by atoms with van der Waals surface area (Å²) in [5.41, 5.74) is 11.3. The van der Waals surface area contributed by atoms with E-state index in [2.05, 4.69) is 19.9 Å². The van der Waals surface area contributed by atoms with Crippen molar-refractivity contribution >= 4 is 18.0 Å². The van der Waals surface area contributed by atoms with Gasteiger partial charge >= 0.3 is 6.09 Å². The largest absolute Gasteiger partial charge is 0.443 e. The number of nitrogens with zero attached hydrogens (tertiary/aromatic N) is 4. The van der Waals surface area contributed by atoms with E-state index in [0.717, 1.165) is 25.9 Å². The van der Waals surface area contributed by atoms with Crippen LogP contribution in [0.5, 0.6) is 0 Å². The molecule has 1 aliphatic rings. The smallest absolute Gasteiger partial charge is 0.437 e. The highest BCUT2D eigenvalue weighted by Crippen LogP contribution is 2.25. The standard InChI is InChI=1S/C18H21FN6O2/c19-15-12(11-27-18(26)24-16(20)21)5-4-6-14(15)13-9-22-17(23-10-13)25-7-2-1-3-8-25/h4-6,9-10H,1-3,7-8,11H2,(H4,20,21,24,26). The second-order valence-electron chi connectivity index (χ2n) is 6.19. The number of hydrogen-bond donors (Lipinski definition) is 2. The van der Waals surface area contributed by atoms with E-state index >= 15 is 0 Å². The molecule has 3 rings (SSSR count). The van der Waals surface area contributed by atoms with Gasteiger partial charge in [0.1, 0.15) is 12.4 Å². The van der Waals surface area contributed by atoms with Crippen molar-refractivity contribution in [3.05, 3.63) is 42.0 Å². The van der Waals surface area contributed by atoms with Gasteiger partial charge < -0.3 is 21.1 Å². The third-order valence-electron chi connectivity index (χ3n) is 4.24. The van der Waals surface area contributed by atoms with Gasteiger partial charge in [-0.2, -0.15) is 0 Å². The lowest BCUT2D eigenvalue weighted by molar-refractivity contribution is 0.149. The molecule has 0 aliphatic carbocycles. The Bertz CT molecular complexity index is 830. The maximum Gasteiger partial charge on any atom is 0.437 e. The van der Waals surface area contributed by atoms with E-state index in [1.807, 2.05) is 0 Å². The van der Waals surface area contributed by atoms with Crippen LogP contribution in [0.3, 0.4) is 0 Å². The Labute approximate surface area is 156 Å². The molecule has 9 heteroatoms. The van der Waals surface area contributed by atoms with Crippen LogP contribution >= 0.6 is 0 Å². The van der Waals surface area contributed by atoms with Crippen LogP contribution in [0.15, 0.2) is 35.6 Å². The highest BCUT2D eigenvalue weighted by atomic mass is 19.1. The summed E-state index contributed by atoms with van der Waals surface area (Å²) in [6.45, 7) is 1.58. The van der Waals surface area contributed by atoms with Crippen molar-refractivity contribution in [2.75, 3.05) is 18.0 Å². The van der Waals surface area contributed by atoms with Gasteiger partial charge in [0.05, 0.1) is 0 Å². The zero-order valence-corrected chi connectivity index (χ0v) is 14.8. The van der Waals surface area contributed by atoms with Gasteiger partial charge in [-0.1, -0.05) is 18.2 Å². The van der Waals surface area contributed by atoms with Crippen LogP contribution in [0.2, 0.25) is 0 Å². The summed E-state index contributed by atoms with van der Waals surface area (Å²) in [6.07, 6.45) is 5.70. The molecule has 0 unspecified atom stereocenters. The number of aromatic nitrogens is 2. The minimum absolute atomic E-state index is 0.201. The number of carbonyl (C=O) groups excluding carboxylic acids is 1. The number of halogens is 1. The first-order valence-corrected chi connectivity index (χ1v) is 8.66. The van der Waals surface area contributed by atoms with Gasteiger partial charge in [-0.05, 0) is 19.3 Å². The number of carbonyl (C=O) groups is 1. The molecular formula is C18H21FN6O2. The van der Waals surface area contributed by atoms with Crippen LogP contribution in [0.1, 0.15) is 24.8 Å². The van der Waals surface area contributed by atoms with E-state index in [4.69, 9.17) is 16.2 Å². The molecule has 1 aromatic heterocycles. The van der Waals surface area contributed by atoms with Crippen LogP contribution in [-0.2, 0) is 11.3 Å². The predicted molar refractivity (Wildman–Crippen MR) is 99.5 cm³/mol. The number of guanidine groups is 1. The molecule has 1 aromatic carbocycles. The first-order valence-electron chi connectivity index (χ1n) is 8.66. The van der Waals surface area contributed by atoms with Crippen LogP contribution in [0.25, 0.3) is 11.1 Å². The molecule has 142 valence electrons. The van der Waals surface area contributed by atoms with Gasteiger partial charge in [0.15, 0.2) is 5.96 Å². The molecule has 0 radical (unpaired) electrons. The van der Waals surface area contributed by atoms with E-state index in [0.29, 0.717) is 17.1 Å². The highest BCUT2D eigenvalue weighted by Gasteiger charge is 2.15. The SMILES string of the molecule is NC(N)=NC(=O)OCc1cccc(-c2cnc(N3CCCCC3)nc2)c1F. The van der Waals surface area contributed by atoms with E-state index < -0.39 is 17.9 Å². The van der Waals surface area contributed by atoms with Crippen LogP contribution in [-0.4, -0.2) is 35.1 Å². The fourth-order valence-corrected chi connectivity index (χ4v) is 2.91. The Kier molecular flexibility index (Phi) is 5.80. The number of anilines is 1. The topological polar surface area (TPSA) is 120 Å². The van der Waals surface area contributed by atoms with E-state index in [-0.39, 0.29) is 12.2 Å². The Hall–Kier alpha value is -3.23. The van der Waals surface area contributed by atoms with Crippen LogP contribution < -0.4 is 16.4 Å². The van der Waals surface area contributed by atoms with Crippen molar-refractivity contribution in [2.45, 2.75) is 25.9 Å². The first-order chi connectivity index (χ1) is 13.0. The molecule has 0 saturated carbocycles. The number of hydrogen-bond acceptors (Lipinski definition) is 5. The number of aliphatic imine (C=N–C) groups is 1. The highest BCUT2D eigenvalue weighted by molar-refractivity contribution is 5.87. The lowest BCUT2D eigenvalue weighted by Gasteiger charge is -2.26. The molecule has 0 spiro atoms. The molecule has 2 aromatic rings. The summed E-state index contributed by atoms with van der Waals surface area (Å²) < 4.78 is 19.6. The van der Waals surface area contributed by atoms with Gasteiger partial charge in [-0.3, -0.25) is 0 Å². The Balaban J connectivity index is 1.74. The third-order valence-corrected chi connectivity index (χ3v) is 4.24. The van der Waals surface area contributed by atoms with Crippen molar-refractivity contribution in [1.82, 2.24) is 9.97 Å². The molecular weight excluding hydrogens is 351 g/mol. The van der Waals surface area contributed by atoms with Gasteiger partial charge in [0, 0.05) is 42.2 Å². The molecule has 4 N–H and O–H groups in total. The molecule has 0 bridgehead atoms. The summed E-state index contributed by atoms with van der Waals surface area (Å²) >= 11 is 0. The predicted octanol–water partition coefficient (Wildman–Crippen LogP) is 2.18. The lowest BCUT2D eigenvalue weighted by Crippen LogP contribution is -2.30. The van der Waals surface area contributed by atoms with Crippen molar-refractivity contribution in [3.8, 4) is 11.1 Å². The first kappa shape index (κ1) is 18.6. The van der Waals surface area contributed by atoms with Crippen LogP contribution in [0, 0.1) is 5.82 Å². The Morgan fingerprint density at radius 1 is 1.19 bits per heavy atom. The summed E-state index contributed by atoms with van der Waals surface area (Å²) in [4.78, 5) is 25.5. The van der Waals surface area contributed by atoms with Crippen LogP contribution in [0.4, 0.5) is 15.1 Å². The minimum Gasteiger partial charge on any atom is -0.443 e. The van der Waals surface area contributed by atoms with Crippen molar-refractivity contribution in [3.63, 3.8) is 0 Å². The molecule has 1 aliphatic heterocycles. The number of piperidine rings is 1. The fourth-order valence-electron chi connectivity index (χ4n) is 2.91. The number of benzene rings is 1. The van der Waals surface area contributed by atoms with E-state index in [1.54, 1.807) is 24.5 Å². The maximum absolute atomic E-state index is 14.8. The summed E-state index contributed by atoms with van der Waals surface area (Å²) in [5, 5.41) is 0. The Morgan fingerprint density at radius 2 is 1.89 bits per heavy atom. The molecule has 27 heavy (non-hydrogen) atoms. The number of rotatable bonds is 4. The average Bonchev–Trinajstić information content (AvgIpc) is 2.67. The number of ether oxygens (including phenoxy) is 1. The monoisotopic (exact) mass is 372 g/mol. The quantitative estimate of drug-likeness (QED) is 0.623. The molecule has 2 heterocycles. The molecule has 8 nitrogen and oxygen atoms in total. The Morgan fingerprint density at radius 3 is 2.56 bits per heavy atom. The zero-order valence-electron chi connectivity index (χ0n) is 14.8. The van der Waals surface area contributed by atoms with Crippen molar-refractivity contribution < 1.29 is 13.9 Å². The van der Waals surface area contributed by atoms with E-state index in [1.165, 1.54) is 12.5 Å². The summed E-state index contributed by atoms with van der Waals surface area (Å²) in [7, 11) is 0.